The van der Waals surface area contributed by atoms with E-state index in [1.54, 1.807) is 19.3 Å². The number of nitrogens with one attached hydrogen (secondary N) is 1. The van der Waals surface area contributed by atoms with Crippen molar-refractivity contribution in [1.29, 1.82) is 0 Å². The zero-order valence-corrected chi connectivity index (χ0v) is 14.2. The summed E-state index contributed by atoms with van der Waals surface area (Å²) in [7, 11) is 2.15. The molecule has 4 fully saturated rings. The lowest BCUT2D eigenvalue weighted by molar-refractivity contribution is -0.0493. The second-order valence-electron chi connectivity index (χ2n) is 7.40. The highest BCUT2D eigenvalue weighted by molar-refractivity contribution is 14.0. The van der Waals surface area contributed by atoms with Crippen LogP contribution in [0.5, 0.6) is 0 Å². The molecule has 0 amide bonds. The molecule has 1 N–H and O–H groups in total. The van der Waals surface area contributed by atoms with Gasteiger partial charge in [-0.15, -0.1) is 24.0 Å². The van der Waals surface area contributed by atoms with E-state index in [0.29, 0.717) is 5.41 Å². The van der Waals surface area contributed by atoms with E-state index in [1.807, 2.05) is 0 Å². The summed E-state index contributed by atoms with van der Waals surface area (Å²) in [6, 6.07) is 0. The van der Waals surface area contributed by atoms with Crippen molar-refractivity contribution in [3.05, 3.63) is 0 Å². The van der Waals surface area contributed by atoms with E-state index in [2.05, 4.69) is 22.3 Å². The molecule has 4 heteroatoms. The normalized spacial score (nSPS) is 43.1. The smallest absolute Gasteiger partial charge is 0.193 e. The van der Waals surface area contributed by atoms with Crippen LogP contribution >= 0.6 is 24.0 Å². The van der Waals surface area contributed by atoms with Crippen LogP contribution in [0.3, 0.4) is 0 Å². The van der Waals surface area contributed by atoms with Gasteiger partial charge in [-0.1, -0.05) is 0 Å². The standard InChI is InChI=1S/C15H25N3.HI/c1-18-3-2-16-14(18)17-10-15-7-11-4-12(8-15)6-13(5-11)9-15;/h11-13H,2-10H2,1H3,(H,16,17);1H. The Morgan fingerprint density at radius 2 is 1.74 bits per heavy atom. The monoisotopic (exact) mass is 375 g/mol. The topological polar surface area (TPSA) is 27.6 Å². The van der Waals surface area contributed by atoms with Crippen LogP contribution in [0, 0.1) is 23.2 Å². The molecule has 0 saturated heterocycles. The second kappa shape index (κ2) is 5.08. The zero-order valence-electron chi connectivity index (χ0n) is 11.9. The molecule has 4 bridgehead atoms. The summed E-state index contributed by atoms with van der Waals surface area (Å²) in [5.74, 6) is 4.31. The predicted molar refractivity (Wildman–Crippen MR) is 89.0 cm³/mol. The Morgan fingerprint density at radius 3 is 2.21 bits per heavy atom. The first-order valence-corrected chi connectivity index (χ1v) is 7.72. The Kier molecular flexibility index (Phi) is 3.73. The van der Waals surface area contributed by atoms with E-state index >= 15 is 0 Å². The van der Waals surface area contributed by atoms with Crippen molar-refractivity contribution in [2.45, 2.75) is 38.5 Å². The molecule has 19 heavy (non-hydrogen) atoms. The molecule has 3 nitrogen and oxygen atoms in total. The van der Waals surface area contributed by atoms with Crippen LogP contribution in [0.25, 0.3) is 0 Å². The zero-order chi connectivity index (χ0) is 12.2. The lowest BCUT2D eigenvalue weighted by Crippen LogP contribution is -2.52. The van der Waals surface area contributed by atoms with Gasteiger partial charge in [-0.2, -0.15) is 0 Å². The first-order chi connectivity index (χ1) is 8.72. The fourth-order valence-electron chi connectivity index (χ4n) is 5.50. The summed E-state index contributed by atoms with van der Waals surface area (Å²) >= 11 is 0. The fraction of sp³-hybridized carbons (Fsp3) is 0.933. The third-order valence-electron chi connectivity index (χ3n) is 5.85. The lowest BCUT2D eigenvalue weighted by atomic mass is 9.49. The molecule has 0 aromatic carbocycles. The highest BCUT2D eigenvalue weighted by Crippen LogP contribution is 2.59. The number of halogens is 1. The minimum Gasteiger partial charge on any atom is -0.356 e. The van der Waals surface area contributed by atoms with Crippen molar-refractivity contribution < 1.29 is 0 Å². The first-order valence-electron chi connectivity index (χ1n) is 7.72. The van der Waals surface area contributed by atoms with E-state index in [4.69, 9.17) is 0 Å². The minimum absolute atomic E-state index is 0. The summed E-state index contributed by atoms with van der Waals surface area (Å²) in [6.07, 6.45) is 9.09. The quantitative estimate of drug-likeness (QED) is 0.752. The van der Waals surface area contributed by atoms with Crippen LogP contribution in [-0.4, -0.2) is 37.5 Å². The highest BCUT2D eigenvalue weighted by atomic mass is 127. The van der Waals surface area contributed by atoms with Crippen LogP contribution < -0.4 is 5.32 Å². The number of hydrogen-bond donors (Lipinski definition) is 1. The van der Waals surface area contributed by atoms with Crippen molar-refractivity contribution in [2.24, 2.45) is 28.2 Å². The summed E-state index contributed by atoms with van der Waals surface area (Å²) in [5, 5.41) is 3.66. The Hall–Kier alpha value is 0. The predicted octanol–water partition coefficient (Wildman–Crippen LogP) is 2.71. The molecule has 4 saturated carbocycles. The van der Waals surface area contributed by atoms with Gasteiger partial charge in [0.25, 0.3) is 0 Å². The average molecular weight is 375 g/mol. The molecular formula is C15H26IN3. The lowest BCUT2D eigenvalue weighted by Gasteiger charge is -2.57. The number of hydrogen-bond acceptors (Lipinski definition) is 3. The van der Waals surface area contributed by atoms with E-state index in [1.165, 1.54) is 25.8 Å². The Balaban J connectivity index is 0.00000110. The Labute approximate surface area is 133 Å². The fourth-order valence-corrected chi connectivity index (χ4v) is 5.50. The van der Waals surface area contributed by atoms with Gasteiger partial charge in [-0.05, 0) is 61.7 Å². The maximum Gasteiger partial charge on any atom is 0.193 e. The van der Waals surface area contributed by atoms with Crippen molar-refractivity contribution in [3.8, 4) is 0 Å². The Morgan fingerprint density at radius 1 is 1.16 bits per heavy atom. The average Bonchev–Trinajstić information content (AvgIpc) is 2.70. The molecular weight excluding hydrogens is 349 g/mol. The Bertz CT molecular complexity index is 344. The number of likely N-dealkylation sites (N-methyl/N-ethyl adjacent to an activating group) is 1. The SMILES string of the molecule is CN1CCN=C1NCC12CC3CC(CC(C3)C1)C2.I. The van der Waals surface area contributed by atoms with Gasteiger partial charge in [0.2, 0.25) is 0 Å². The maximum atomic E-state index is 4.57. The number of nitrogens with zero attached hydrogens (tertiary/aromatic N) is 2. The van der Waals surface area contributed by atoms with Crippen molar-refractivity contribution in [3.63, 3.8) is 0 Å². The first kappa shape index (κ1) is 14.0. The molecule has 0 atom stereocenters. The molecule has 0 radical (unpaired) electrons. The van der Waals surface area contributed by atoms with Crippen LogP contribution in [0.15, 0.2) is 4.99 Å². The molecule has 0 aromatic heterocycles. The van der Waals surface area contributed by atoms with Crippen LogP contribution in [0.1, 0.15) is 38.5 Å². The van der Waals surface area contributed by atoms with Gasteiger partial charge < -0.3 is 10.2 Å². The maximum absolute atomic E-state index is 4.57. The molecule has 0 spiro atoms. The van der Waals surface area contributed by atoms with Gasteiger partial charge in [-0.25, -0.2) is 0 Å². The van der Waals surface area contributed by atoms with Gasteiger partial charge in [0, 0.05) is 20.1 Å². The minimum atomic E-state index is 0. The molecule has 4 aliphatic carbocycles. The second-order valence-corrected chi connectivity index (χ2v) is 7.40. The van der Waals surface area contributed by atoms with E-state index in [-0.39, 0.29) is 24.0 Å². The molecule has 0 aromatic rings. The van der Waals surface area contributed by atoms with Gasteiger partial charge >= 0.3 is 0 Å². The largest absolute Gasteiger partial charge is 0.356 e. The molecule has 1 aliphatic heterocycles. The third-order valence-corrected chi connectivity index (χ3v) is 5.85. The van der Waals surface area contributed by atoms with E-state index in [9.17, 15) is 0 Å². The number of guanidine groups is 1. The number of rotatable bonds is 2. The van der Waals surface area contributed by atoms with Gasteiger partial charge in [-0.3, -0.25) is 4.99 Å². The van der Waals surface area contributed by atoms with Crippen molar-refractivity contribution in [1.82, 2.24) is 10.2 Å². The van der Waals surface area contributed by atoms with Crippen LogP contribution in [0.4, 0.5) is 0 Å². The van der Waals surface area contributed by atoms with Crippen molar-refractivity contribution >= 4 is 29.9 Å². The van der Waals surface area contributed by atoms with Crippen molar-refractivity contribution in [2.75, 3.05) is 26.7 Å². The summed E-state index contributed by atoms with van der Waals surface area (Å²) in [5.41, 5.74) is 0.626. The highest BCUT2D eigenvalue weighted by Gasteiger charge is 2.50. The molecule has 108 valence electrons. The van der Waals surface area contributed by atoms with E-state index in [0.717, 1.165) is 36.8 Å². The van der Waals surface area contributed by atoms with Crippen LogP contribution in [0.2, 0.25) is 0 Å². The van der Waals surface area contributed by atoms with Gasteiger partial charge in [0.15, 0.2) is 5.96 Å². The molecule has 5 aliphatic rings. The molecule has 5 rings (SSSR count). The van der Waals surface area contributed by atoms with E-state index < -0.39 is 0 Å². The van der Waals surface area contributed by atoms with Gasteiger partial charge in [0.1, 0.15) is 0 Å². The summed E-state index contributed by atoms with van der Waals surface area (Å²) in [4.78, 5) is 6.83. The summed E-state index contributed by atoms with van der Waals surface area (Å²) < 4.78 is 0. The summed E-state index contributed by atoms with van der Waals surface area (Å²) in [6.45, 7) is 3.24. The molecule has 0 unspecified atom stereocenters. The number of aliphatic imine (C=N–C) groups is 1. The third kappa shape index (κ3) is 2.49. The molecule has 1 heterocycles. The van der Waals surface area contributed by atoms with Crippen LogP contribution in [-0.2, 0) is 0 Å². The van der Waals surface area contributed by atoms with Gasteiger partial charge in [0.05, 0.1) is 6.54 Å².